The number of hydrogen-bond acceptors (Lipinski definition) is 8. The first kappa shape index (κ1) is 21.0. The van der Waals surface area contributed by atoms with E-state index in [1.807, 2.05) is 19.2 Å². The van der Waals surface area contributed by atoms with Crippen LogP contribution in [-0.4, -0.2) is 46.3 Å². The van der Waals surface area contributed by atoms with Gasteiger partial charge >= 0.3 is 6.18 Å². The molecule has 4 rings (SSSR count). The molecular weight excluding hydrogens is 413 g/mol. The van der Waals surface area contributed by atoms with Crippen molar-refractivity contribution in [3.63, 3.8) is 0 Å². The SMILES string of the molecule is CN1NC(N2CCC(Oc3ccccc3C(F)(F)F)CC2)=CC=C1c1nnc(CN)o1. The van der Waals surface area contributed by atoms with Gasteiger partial charge < -0.3 is 19.8 Å². The molecule has 3 N–H and O–H groups in total. The van der Waals surface area contributed by atoms with Gasteiger partial charge in [-0.05, 0) is 24.3 Å². The predicted molar refractivity (Wildman–Crippen MR) is 106 cm³/mol. The fourth-order valence-corrected chi connectivity index (χ4v) is 3.57. The molecule has 0 bridgehead atoms. The molecule has 0 radical (unpaired) electrons. The molecule has 0 spiro atoms. The van der Waals surface area contributed by atoms with Crippen LogP contribution in [0.2, 0.25) is 0 Å². The number of halogens is 3. The first-order valence-electron chi connectivity index (χ1n) is 9.88. The zero-order valence-corrected chi connectivity index (χ0v) is 16.9. The third kappa shape index (κ3) is 4.61. The van der Waals surface area contributed by atoms with Crippen molar-refractivity contribution in [2.24, 2.45) is 5.73 Å². The zero-order valence-electron chi connectivity index (χ0n) is 16.9. The Hall–Kier alpha value is -3.21. The summed E-state index contributed by atoms with van der Waals surface area (Å²) in [7, 11) is 1.83. The molecule has 2 aromatic rings. The fraction of sp³-hybridized carbons (Fsp3) is 0.400. The Labute approximate surface area is 177 Å². The summed E-state index contributed by atoms with van der Waals surface area (Å²) in [6, 6.07) is 5.33. The maximum absolute atomic E-state index is 13.2. The Kier molecular flexibility index (Phi) is 5.77. The van der Waals surface area contributed by atoms with Gasteiger partial charge in [-0.25, -0.2) is 0 Å². The average molecular weight is 436 g/mol. The highest BCUT2D eigenvalue weighted by Crippen LogP contribution is 2.37. The summed E-state index contributed by atoms with van der Waals surface area (Å²) >= 11 is 0. The van der Waals surface area contributed by atoms with E-state index in [-0.39, 0.29) is 18.4 Å². The van der Waals surface area contributed by atoms with Gasteiger partial charge in [0.05, 0.1) is 12.1 Å². The molecule has 11 heteroatoms. The molecule has 0 atom stereocenters. The van der Waals surface area contributed by atoms with E-state index >= 15 is 0 Å². The number of benzene rings is 1. The number of likely N-dealkylation sites (tertiary alicyclic amines) is 1. The highest BCUT2D eigenvalue weighted by atomic mass is 19.4. The van der Waals surface area contributed by atoms with Gasteiger partial charge in [0.2, 0.25) is 5.89 Å². The van der Waals surface area contributed by atoms with Crippen LogP contribution in [0.4, 0.5) is 13.2 Å². The van der Waals surface area contributed by atoms with Crippen LogP contribution in [0.3, 0.4) is 0 Å². The minimum absolute atomic E-state index is 0.118. The van der Waals surface area contributed by atoms with Crippen molar-refractivity contribution in [1.82, 2.24) is 25.5 Å². The van der Waals surface area contributed by atoms with Crippen molar-refractivity contribution in [3.8, 4) is 5.75 Å². The molecule has 2 aliphatic rings. The quantitative estimate of drug-likeness (QED) is 0.739. The smallest absolute Gasteiger partial charge is 0.419 e. The summed E-state index contributed by atoms with van der Waals surface area (Å²) in [5.41, 5.74) is 8.73. The number of para-hydroxylation sites is 1. The van der Waals surface area contributed by atoms with Gasteiger partial charge in [-0.3, -0.25) is 10.4 Å². The van der Waals surface area contributed by atoms with Gasteiger partial charge in [-0.2, -0.15) is 13.2 Å². The number of nitrogens with one attached hydrogen (secondary N) is 1. The number of nitrogens with two attached hydrogens (primary N) is 1. The summed E-state index contributed by atoms with van der Waals surface area (Å²) in [6.07, 6.45) is 0.264. The number of piperidine rings is 1. The Morgan fingerprint density at radius 3 is 2.58 bits per heavy atom. The van der Waals surface area contributed by atoms with Crippen LogP contribution in [0.25, 0.3) is 5.70 Å². The number of rotatable bonds is 5. The van der Waals surface area contributed by atoms with Crippen molar-refractivity contribution in [3.05, 3.63) is 59.6 Å². The second-order valence-electron chi connectivity index (χ2n) is 7.28. The number of hydrazine groups is 1. The summed E-state index contributed by atoms with van der Waals surface area (Å²) < 4.78 is 50.8. The van der Waals surface area contributed by atoms with E-state index in [0.29, 0.717) is 43.4 Å². The fourth-order valence-electron chi connectivity index (χ4n) is 3.57. The van der Waals surface area contributed by atoms with Crippen LogP contribution in [0, 0.1) is 0 Å². The highest BCUT2D eigenvalue weighted by Gasteiger charge is 2.35. The summed E-state index contributed by atoms with van der Waals surface area (Å²) in [4.78, 5) is 2.12. The van der Waals surface area contributed by atoms with Crippen LogP contribution in [0.15, 0.2) is 46.7 Å². The van der Waals surface area contributed by atoms with Crippen molar-refractivity contribution in [1.29, 1.82) is 0 Å². The zero-order chi connectivity index (χ0) is 22.0. The van der Waals surface area contributed by atoms with Crippen molar-refractivity contribution < 1.29 is 22.3 Å². The van der Waals surface area contributed by atoms with Crippen LogP contribution in [-0.2, 0) is 12.7 Å². The third-order valence-electron chi connectivity index (χ3n) is 5.17. The van der Waals surface area contributed by atoms with Crippen molar-refractivity contribution >= 4 is 5.70 Å². The second kappa shape index (κ2) is 8.50. The Morgan fingerprint density at radius 1 is 1.19 bits per heavy atom. The highest BCUT2D eigenvalue weighted by molar-refractivity contribution is 5.59. The molecule has 8 nitrogen and oxygen atoms in total. The molecule has 31 heavy (non-hydrogen) atoms. The lowest BCUT2D eigenvalue weighted by molar-refractivity contribution is -0.139. The third-order valence-corrected chi connectivity index (χ3v) is 5.17. The molecule has 2 aliphatic heterocycles. The van der Waals surface area contributed by atoms with Gasteiger partial charge in [-0.1, -0.05) is 12.1 Å². The van der Waals surface area contributed by atoms with E-state index in [1.165, 1.54) is 12.1 Å². The van der Waals surface area contributed by atoms with Crippen LogP contribution < -0.4 is 15.9 Å². The van der Waals surface area contributed by atoms with Crippen molar-refractivity contribution in [2.45, 2.75) is 31.7 Å². The molecule has 0 saturated carbocycles. The largest absolute Gasteiger partial charge is 0.490 e. The summed E-state index contributed by atoms with van der Waals surface area (Å²) in [5.74, 6) is 1.47. The lowest BCUT2D eigenvalue weighted by atomic mass is 10.1. The molecule has 1 fully saturated rings. The number of aromatic nitrogens is 2. The van der Waals surface area contributed by atoms with Crippen LogP contribution in [0.1, 0.15) is 30.2 Å². The topological polar surface area (TPSA) is 92.7 Å². The first-order valence-corrected chi connectivity index (χ1v) is 9.88. The Balaban J connectivity index is 1.38. The van der Waals surface area contributed by atoms with Gasteiger partial charge in [0.25, 0.3) is 5.89 Å². The van der Waals surface area contributed by atoms with E-state index < -0.39 is 11.7 Å². The van der Waals surface area contributed by atoms with Gasteiger partial charge in [0, 0.05) is 33.0 Å². The van der Waals surface area contributed by atoms with E-state index in [1.54, 1.807) is 11.1 Å². The van der Waals surface area contributed by atoms with E-state index in [4.69, 9.17) is 14.9 Å². The summed E-state index contributed by atoms with van der Waals surface area (Å²) in [6.45, 7) is 1.46. The lowest BCUT2D eigenvalue weighted by Crippen LogP contribution is -2.46. The summed E-state index contributed by atoms with van der Waals surface area (Å²) in [5, 5.41) is 9.62. The van der Waals surface area contributed by atoms with Crippen molar-refractivity contribution in [2.75, 3.05) is 20.1 Å². The van der Waals surface area contributed by atoms with Gasteiger partial charge in [0.1, 0.15) is 23.4 Å². The number of alkyl halides is 3. The molecule has 166 valence electrons. The average Bonchev–Trinajstić information content (AvgIpc) is 3.23. The number of ether oxygens (including phenoxy) is 1. The molecule has 0 amide bonds. The number of nitrogens with zero attached hydrogens (tertiary/aromatic N) is 4. The van der Waals surface area contributed by atoms with E-state index in [0.717, 1.165) is 11.9 Å². The Morgan fingerprint density at radius 2 is 1.94 bits per heavy atom. The maximum atomic E-state index is 13.2. The monoisotopic (exact) mass is 436 g/mol. The molecule has 0 aliphatic carbocycles. The van der Waals surface area contributed by atoms with E-state index in [2.05, 4.69) is 20.5 Å². The van der Waals surface area contributed by atoms with Crippen LogP contribution >= 0.6 is 0 Å². The number of allylic oxidation sites excluding steroid dienone is 2. The normalized spacial score (nSPS) is 17.8. The van der Waals surface area contributed by atoms with Crippen LogP contribution in [0.5, 0.6) is 5.75 Å². The molecule has 3 heterocycles. The van der Waals surface area contributed by atoms with Gasteiger partial charge in [-0.15, -0.1) is 10.2 Å². The maximum Gasteiger partial charge on any atom is 0.419 e. The Bertz CT molecular complexity index is 979. The molecule has 0 unspecified atom stereocenters. The molecular formula is C20H23F3N6O2. The molecule has 1 aromatic carbocycles. The first-order chi connectivity index (χ1) is 14.8. The lowest BCUT2D eigenvalue weighted by Gasteiger charge is -2.38. The predicted octanol–water partition coefficient (Wildman–Crippen LogP) is 2.72. The minimum Gasteiger partial charge on any atom is -0.490 e. The minimum atomic E-state index is -4.44. The van der Waals surface area contributed by atoms with Gasteiger partial charge in [0.15, 0.2) is 0 Å². The number of hydrogen-bond donors (Lipinski definition) is 2. The van der Waals surface area contributed by atoms with E-state index in [9.17, 15) is 13.2 Å². The molecule has 1 aromatic heterocycles. The standard InChI is InChI=1S/C20H23F3N6O2/c1-28-15(19-26-25-18(12-24)31-19)6-7-17(27-28)29-10-8-13(9-11-29)30-16-5-3-2-4-14(16)20(21,22)23/h2-7,13,27H,8-12,24H2,1H3. The second-order valence-corrected chi connectivity index (χ2v) is 7.28. The molecule has 1 saturated heterocycles.